The van der Waals surface area contributed by atoms with Gasteiger partial charge in [0.1, 0.15) is 12.3 Å². The van der Waals surface area contributed by atoms with Crippen molar-refractivity contribution in [3.63, 3.8) is 0 Å². The van der Waals surface area contributed by atoms with E-state index in [0.717, 1.165) is 75.0 Å². The molecule has 0 radical (unpaired) electrons. The van der Waals surface area contributed by atoms with Crippen LogP contribution in [0.4, 0.5) is 17.6 Å². The maximum atomic E-state index is 14.1. The Morgan fingerprint density at radius 3 is 2.02 bits per heavy atom. The van der Waals surface area contributed by atoms with Gasteiger partial charge in [0, 0.05) is 26.1 Å². The minimum atomic E-state index is -4.52. The van der Waals surface area contributed by atoms with Gasteiger partial charge in [-0.05, 0) is 44.3 Å². The number of phosphoric ester groups is 1. The van der Waals surface area contributed by atoms with Gasteiger partial charge in [0.15, 0.2) is 8.32 Å². The Balaban J connectivity index is 1.66. The molecule has 2 N–H and O–H groups in total. The van der Waals surface area contributed by atoms with Crippen molar-refractivity contribution in [2.45, 2.75) is 173 Å². The lowest BCUT2D eigenvalue weighted by Crippen LogP contribution is -2.48. The summed E-state index contributed by atoms with van der Waals surface area (Å²) in [5.74, 6) is -1.15. The number of aromatic nitrogens is 2. The summed E-state index contributed by atoms with van der Waals surface area (Å²) in [6, 6.07) is 0. The van der Waals surface area contributed by atoms with E-state index in [1.54, 1.807) is 0 Å². The summed E-state index contributed by atoms with van der Waals surface area (Å²) in [5, 5.41) is -0.185. The van der Waals surface area contributed by atoms with Gasteiger partial charge in [-0.2, -0.15) is 17.6 Å². The van der Waals surface area contributed by atoms with Crippen LogP contribution in [0, 0.1) is 5.82 Å². The van der Waals surface area contributed by atoms with Gasteiger partial charge in [-0.1, -0.05) is 85.0 Å². The van der Waals surface area contributed by atoms with E-state index < -0.39 is 70.3 Å². The predicted octanol–water partition coefficient (Wildman–Crippen LogP) is 8.92. The van der Waals surface area contributed by atoms with E-state index in [1.165, 1.54) is 6.92 Å². The Hall–Kier alpha value is -1.39. The van der Waals surface area contributed by atoms with Crippen molar-refractivity contribution in [1.82, 2.24) is 9.55 Å². The van der Waals surface area contributed by atoms with Crippen LogP contribution in [0.3, 0.4) is 0 Å². The molecule has 5 atom stereocenters. The fourth-order valence-electron chi connectivity index (χ4n) is 5.64. The van der Waals surface area contributed by atoms with Crippen molar-refractivity contribution in [3.05, 3.63) is 32.9 Å². The fourth-order valence-corrected chi connectivity index (χ4v) is 7.94. The van der Waals surface area contributed by atoms with E-state index in [-0.39, 0.29) is 24.5 Å². The average Bonchev–Trinajstić information content (AvgIpc) is 3.41. The first-order valence-electron chi connectivity index (χ1n) is 18.4. The molecule has 1 saturated heterocycles. The van der Waals surface area contributed by atoms with E-state index in [4.69, 9.17) is 22.9 Å². The van der Waals surface area contributed by atoms with Gasteiger partial charge in [0.25, 0.3) is 5.56 Å². The highest BCUT2D eigenvalue weighted by molar-refractivity contribution is 7.47. The van der Waals surface area contributed by atoms with Gasteiger partial charge in [-0.25, -0.2) is 9.36 Å². The average molecular weight is 777 g/mol. The van der Waals surface area contributed by atoms with Crippen LogP contribution in [0.15, 0.2) is 15.8 Å². The lowest BCUT2D eigenvalue weighted by Gasteiger charge is -2.40. The molecule has 1 aliphatic rings. The topological polar surface area (TPSA) is 138 Å². The minimum absolute atomic E-state index is 0.0713. The number of ether oxygens (including phenoxy) is 2. The number of halogens is 4. The molecule has 1 aliphatic heterocycles. The van der Waals surface area contributed by atoms with Gasteiger partial charge < -0.3 is 18.8 Å². The van der Waals surface area contributed by atoms with E-state index in [0.29, 0.717) is 26.1 Å². The zero-order chi connectivity index (χ0) is 38.3. The number of aromatic amines is 1. The lowest BCUT2D eigenvalue weighted by molar-refractivity contribution is -0.135. The van der Waals surface area contributed by atoms with Crippen molar-refractivity contribution < 1.29 is 50.0 Å². The first kappa shape index (κ1) is 45.8. The first-order valence-corrected chi connectivity index (χ1v) is 22.8. The Morgan fingerprint density at radius 1 is 0.941 bits per heavy atom. The quantitative estimate of drug-likeness (QED) is 0.0432. The van der Waals surface area contributed by atoms with Crippen molar-refractivity contribution >= 4 is 16.1 Å². The van der Waals surface area contributed by atoms with Crippen LogP contribution in [-0.2, 0) is 27.5 Å². The molecule has 2 rings (SSSR count). The molecule has 0 saturated carbocycles. The lowest BCUT2D eigenvalue weighted by atomic mass is 10.0. The van der Waals surface area contributed by atoms with Crippen molar-refractivity contribution in [2.24, 2.45) is 0 Å². The molecule has 1 aromatic rings. The molecule has 298 valence electrons. The number of rotatable bonds is 25. The summed E-state index contributed by atoms with van der Waals surface area (Å²) < 4.78 is 93.1. The van der Waals surface area contributed by atoms with E-state index >= 15 is 0 Å². The molecule has 1 aromatic heterocycles. The summed E-state index contributed by atoms with van der Waals surface area (Å²) in [4.78, 5) is 36.4. The number of unbranched alkanes of at least 4 members (excludes halogenated alkanes) is 11. The standard InChI is InChI=1S/C34H61F4N2O9PSi/c1-26(30-28(49-51(5,6)33(2,3)4)24-29(47-30)40-25-27(35)31(41)39-32(40)42)48-50(43,44)46-23-19-22-45-21-18-16-14-12-10-8-7-9-11-13-15-17-20-34(36,37)38/h25-26,28-30H,7-24H2,1-6H3,(H,43,44)(H,39,41,42). The predicted molar refractivity (Wildman–Crippen MR) is 190 cm³/mol. The molecule has 17 heteroatoms. The second kappa shape index (κ2) is 21.5. The summed E-state index contributed by atoms with van der Waals surface area (Å²) >= 11 is 0. The molecule has 1 fully saturated rings. The SMILES string of the molecule is CC(OP(=O)(O)OCCCOCCCCCCCCCCCCCCC(F)(F)F)C1OC(n2cc(F)c(=O)[nH]c2=O)CC1O[Si](C)(C)C(C)(C)C. The maximum absolute atomic E-state index is 14.1. The number of phosphoric acid groups is 1. The number of nitrogens with zero attached hydrogens (tertiary/aromatic N) is 1. The van der Waals surface area contributed by atoms with E-state index in [1.807, 2.05) is 18.1 Å². The Kier molecular flexibility index (Phi) is 19.3. The first-order chi connectivity index (χ1) is 23.7. The van der Waals surface area contributed by atoms with Gasteiger partial charge in [0.05, 0.1) is 25.0 Å². The highest BCUT2D eigenvalue weighted by Gasteiger charge is 2.48. The molecular formula is C34H61F4N2O9PSi. The molecule has 5 unspecified atom stereocenters. The molecule has 0 amide bonds. The largest absolute Gasteiger partial charge is 0.472 e. The van der Waals surface area contributed by atoms with Crippen LogP contribution in [0.2, 0.25) is 18.1 Å². The van der Waals surface area contributed by atoms with Crippen molar-refractivity contribution in [2.75, 3.05) is 19.8 Å². The number of H-pyrrole nitrogens is 1. The number of alkyl halides is 3. The van der Waals surface area contributed by atoms with E-state index in [9.17, 15) is 36.6 Å². The smallest absolute Gasteiger partial charge is 0.411 e. The number of nitrogens with one attached hydrogen (secondary N) is 1. The second-order valence-corrected chi connectivity index (χ2v) is 21.2. The third-order valence-corrected chi connectivity index (χ3v) is 15.2. The van der Waals surface area contributed by atoms with Gasteiger partial charge in [-0.15, -0.1) is 0 Å². The van der Waals surface area contributed by atoms with Crippen LogP contribution >= 0.6 is 7.82 Å². The molecule has 2 heterocycles. The van der Waals surface area contributed by atoms with Crippen LogP contribution in [0.1, 0.15) is 130 Å². The summed E-state index contributed by atoms with van der Waals surface area (Å²) in [6.45, 7) is 12.6. The Labute approximate surface area is 300 Å². The number of hydrogen-bond donors (Lipinski definition) is 2. The number of hydrogen-bond acceptors (Lipinski definition) is 8. The fraction of sp³-hybridized carbons (Fsp3) is 0.882. The van der Waals surface area contributed by atoms with Gasteiger partial charge in [-0.3, -0.25) is 23.4 Å². The highest BCUT2D eigenvalue weighted by atomic mass is 31.2. The van der Waals surface area contributed by atoms with Crippen LogP contribution in [-0.4, -0.2) is 67.1 Å². The molecule has 51 heavy (non-hydrogen) atoms. The third-order valence-electron chi connectivity index (χ3n) is 9.55. The highest BCUT2D eigenvalue weighted by Crippen LogP contribution is 2.48. The zero-order valence-electron chi connectivity index (χ0n) is 31.2. The maximum Gasteiger partial charge on any atom is 0.472 e. The Morgan fingerprint density at radius 2 is 1.47 bits per heavy atom. The monoisotopic (exact) mass is 776 g/mol. The Bertz CT molecular complexity index is 1320. The molecule has 11 nitrogen and oxygen atoms in total. The molecule has 0 bridgehead atoms. The summed E-state index contributed by atoms with van der Waals surface area (Å²) in [5.41, 5.74) is -2.00. The molecule has 0 aliphatic carbocycles. The summed E-state index contributed by atoms with van der Waals surface area (Å²) in [6.07, 6.45) is 4.43. The zero-order valence-corrected chi connectivity index (χ0v) is 33.1. The summed E-state index contributed by atoms with van der Waals surface area (Å²) in [7, 11) is -6.91. The van der Waals surface area contributed by atoms with Crippen molar-refractivity contribution in [3.8, 4) is 0 Å². The molecule has 0 aromatic carbocycles. The van der Waals surface area contributed by atoms with Crippen LogP contribution in [0.25, 0.3) is 0 Å². The van der Waals surface area contributed by atoms with Crippen LogP contribution in [0.5, 0.6) is 0 Å². The van der Waals surface area contributed by atoms with Gasteiger partial charge in [0.2, 0.25) is 5.82 Å². The minimum Gasteiger partial charge on any atom is -0.411 e. The normalized spacial score (nSPS) is 20.5. The molecule has 0 spiro atoms. The third kappa shape index (κ3) is 17.5. The second-order valence-electron chi connectivity index (χ2n) is 15.0. The van der Waals surface area contributed by atoms with E-state index in [2.05, 4.69) is 20.8 Å². The van der Waals surface area contributed by atoms with Gasteiger partial charge >= 0.3 is 19.7 Å². The molecular weight excluding hydrogens is 715 g/mol. The van der Waals surface area contributed by atoms with Crippen LogP contribution < -0.4 is 11.2 Å². The van der Waals surface area contributed by atoms with Crippen molar-refractivity contribution in [1.29, 1.82) is 0 Å².